The highest BCUT2D eigenvalue weighted by Gasteiger charge is 2.35. The average Bonchev–Trinajstić information content (AvgIpc) is 3.01. The normalized spacial score (nSPS) is 11.7. The van der Waals surface area contributed by atoms with Crippen LogP contribution in [-0.4, -0.2) is 26.0 Å². The molecule has 3 rings (SSSR count). The smallest absolute Gasteiger partial charge is 0.343 e. The monoisotopic (exact) mass is 339 g/mol. The number of aromatic amines is 1. The SMILES string of the molecule is N=C(c1ccnc2nc[nH]c12)N(O)c1ccc(F)c(C(F)(F)F)c1. The van der Waals surface area contributed by atoms with E-state index < -0.39 is 29.1 Å². The fourth-order valence-corrected chi connectivity index (χ4v) is 2.15. The standard InChI is InChI=1S/C14H9F4N5O/c15-10-2-1-7(5-9(10)14(16,17)18)23(24)12(19)8-3-4-20-13-11(8)21-6-22-13/h1-6,19,24H,(H,20,21,22). The number of alkyl halides is 3. The molecule has 0 aliphatic heterocycles. The Balaban J connectivity index is 2.01. The number of aromatic nitrogens is 3. The van der Waals surface area contributed by atoms with Crippen molar-refractivity contribution in [1.29, 1.82) is 5.41 Å². The largest absolute Gasteiger partial charge is 0.419 e. The first-order chi connectivity index (χ1) is 11.3. The van der Waals surface area contributed by atoms with Crippen molar-refractivity contribution in [1.82, 2.24) is 15.0 Å². The minimum atomic E-state index is -4.92. The highest BCUT2D eigenvalue weighted by atomic mass is 19.4. The molecular weight excluding hydrogens is 330 g/mol. The first-order valence-electron chi connectivity index (χ1n) is 6.52. The van der Waals surface area contributed by atoms with Crippen LogP contribution in [0.1, 0.15) is 11.1 Å². The van der Waals surface area contributed by atoms with Crippen LogP contribution in [0.4, 0.5) is 23.2 Å². The Morgan fingerprint density at radius 1 is 1.21 bits per heavy atom. The zero-order valence-electron chi connectivity index (χ0n) is 11.8. The lowest BCUT2D eigenvalue weighted by molar-refractivity contribution is -0.139. The fourth-order valence-electron chi connectivity index (χ4n) is 2.15. The summed E-state index contributed by atoms with van der Waals surface area (Å²) in [6.45, 7) is 0. The van der Waals surface area contributed by atoms with Crippen LogP contribution in [-0.2, 0) is 6.18 Å². The third kappa shape index (κ3) is 2.67. The summed E-state index contributed by atoms with van der Waals surface area (Å²) in [7, 11) is 0. The molecule has 0 amide bonds. The van der Waals surface area contributed by atoms with E-state index in [0.29, 0.717) is 17.6 Å². The number of imidazole rings is 1. The van der Waals surface area contributed by atoms with Crippen molar-refractivity contribution in [3.8, 4) is 0 Å². The molecule has 10 heteroatoms. The molecule has 0 unspecified atom stereocenters. The predicted octanol–water partition coefficient (Wildman–Crippen LogP) is 3.34. The van der Waals surface area contributed by atoms with Crippen molar-refractivity contribution in [2.45, 2.75) is 6.18 Å². The van der Waals surface area contributed by atoms with Crippen molar-refractivity contribution >= 4 is 22.7 Å². The molecule has 0 fully saturated rings. The third-order valence-corrected chi connectivity index (χ3v) is 3.29. The molecule has 0 saturated carbocycles. The molecular formula is C14H9F4N5O. The lowest BCUT2D eigenvalue weighted by Gasteiger charge is -2.19. The van der Waals surface area contributed by atoms with Crippen LogP contribution in [0.5, 0.6) is 0 Å². The minimum absolute atomic E-state index is 0.165. The maximum absolute atomic E-state index is 13.3. The lowest BCUT2D eigenvalue weighted by Crippen LogP contribution is -2.28. The summed E-state index contributed by atoms with van der Waals surface area (Å²) < 4.78 is 51.6. The van der Waals surface area contributed by atoms with E-state index in [1.54, 1.807) is 0 Å². The van der Waals surface area contributed by atoms with Gasteiger partial charge in [-0.3, -0.25) is 10.6 Å². The molecule has 24 heavy (non-hydrogen) atoms. The molecule has 0 aliphatic carbocycles. The van der Waals surface area contributed by atoms with E-state index in [9.17, 15) is 22.8 Å². The summed E-state index contributed by atoms with van der Waals surface area (Å²) in [5.74, 6) is -1.99. The summed E-state index contributed by atoms with van der Waals surface area (Å²) in [4.78, 5) is 10.6. The number of halogens is 4. The van der Waals surface area contributed by atoms with Gasteiger partial charge in [-0.15, -0.1) is 0 Å². The van der Waals surface area contributed by atoms with Crippen LogP contribution < -0.4 is 5.06 Å². The van der Waals surface area contributed by atoms with Crippen LogP contribution in [0.2, 0.25) is 0 Å². The van der Waals surface area contributed by atoms with Crippen molar-refractivity contribution in [2.75, 3.05) is 5.06 Å². The zero-order chi connectivity index (χ0) is 17.5. The molecule has 3 aromatic rings. The van der Waals surface area contributed by atoms with Gasteiger partial charge in [0.1, 0.15) is 5.82 Å². The number of hydrogen-bond acceptors (Lipinski definition) is 4. The number of anilines is 1. The summed E-state index contributed by atoms with van der Waals surface area (Å²) in [5, 5.41) is 18.3. The first kappa shape index (κ1) is 15.9. The lowest BCUT2D eigenvalue weighted by atomic mass is 10.1. The second-order valence-corrected chi connectivity index (χ2v) is 4.78. The number of H-pyrrole nitrogens is 1. The number of pyridine rings is 1. The highest BCUT2D eigenvalue weighted by Crippen LogP contribution is 2.34. The Morgan fingerprint density at radius 3 is 2.67 bits per heavy atom. The Hall–Kier alpha value is -3.01. The van der Waals surface area contributed by atoms with Gasteiger partial charge in [0.2, 0.25) is 0 Å². The number of fused-ring (bicyclic) bond motifs is 1. The highest BCUT2D eigenvalue weighted by molar-refractivity contribution is 6.12. The van der Waals surface area contributed by atoms with Crippen molar-refractivity contribution in [2.24, 2.45) is 0 Å². The Bertz CT molecular complexity index is 921. The number of nitrogens with zero attached hydrogens (tertiary/aromatic N) is 3. The summed E-state index contributed by atoms with van der Waals surface area (Å²) in [6, 6.07) is 3.33. The van der Waals surface area contributed by atoms with Crippen LogP contribution in [0.25, 0.3) is 11.2 Å². The van der Waals surface area contributed by atoms with Gasteiger partial charge in [0.25, 0.3) is 0 Å². The quantitative estimate of drug-likeness (QED) is 0.289. The van der Waals surface area contributed by atoms with Gasteiger partial charge in [-0.2, -0.15) is 13.2 Å². The number of benzene rings is 1. The van der Waals surface area contributed by atoms with Gasteiger partial charge >= 0.3 is 6.18 Å². The molecule has 1 aromatic carbocycles. The molecule has 3 N–H and O–H groups in total. The average molecular weight is 339 g/mol. The summed E-state index contributed by atoms with van der Waals surface area (Å²) in [6.07, 6.45) is -2.25. The first-order valence-corrected chi connectivity index (χ1v) is 6.52. The Morgan fingerprint density at radius 2 is 1.96 bits per heavy atom. The van der Waals surface area contributed by atoms with Crippen molar-refractivity contribution < 1.29 is 22.8 Å². The van der Waals surface area contributed by atoms with Gasteiger partial charge in [0, 0.05) is 11.8 Å². The maximum Gasteiger partial charge on any atom is 0.419 e. The molecule has 0 saturated heterocycles. The predicted molar refractivity (Wildman–Crippen MR) is 76.4 cm³/mol. The molecule has 2 aromatic heterocycles. The second-order valence-electron chi connectivity index (χ2n) is 4.78. The molecule has 0 aliphatic rings. The molecule has 0 atom stereocenters. The van der Waals surface area contributed by atoms with Gasteiger partial charge in [0.15, 0.2) is 11.5 Å². The van der Waals surface area contributed by atoms with E-state index in [0.717, 1.165) is 6.07 Å². The number of hydroxylamine groups is 1. The molecule has 0 spiro atoms. The maximum atomic E-state index is 13.3. The molecule has 2 heterocycles. The van der Waals surface area contributed by atoms with Gasteiger partial charge in [0.05, 0.1) is 23.1 Å². The van der Waals surface area contributed by atoms with Crippen LogP contribution in [0.15, 0.2) is 36.8 Å². The minimum Gasteiger partial charge on any atom is -0.343 e. The molecule has 0 radical (unpaired) electrons. The van der Waals surface area contributed by atoms with Crippen molar-refractivity contribution in [3.63, 3.8) is 0 Å². The van der Waals surface area contributed by atoms with Gasteiger partial charge in [-0.25, -0.2) is 19.4 Å². The van der Waals surface area contributed by atoms with Crippen LogP contribution in [0, 0.1) is 11.2 Å². The van der Waals surface area contributed by atoms with E-state index in [1.165, 1.54) is 18.6 Å². The topological polar surface area (TPSA) is 88.9 Å². The third-order valence-electron chi connectivity index (χ3n) is 3.29. The molecule has 0 bridgehead atoms. The van der Waals surface area contributed by atoms with E-state index in [2.05, 4.69) is 15.0 Å². The second kappa shape index (κ2) is 5.57. The van der Waals surface area contributed by atoms with E-state index in [-0.39, 0.29) is 16.3 Å². The zero-order valence-corrected chi connectivity index (χ0v) is 11.8. The van der Waals surface area contributed by atoms with E-state index in [1.807, 2.05) is 0 Å². The number of rotatable bonds is 2. The summed E-state index contributed by atoms with van der Waals surface area (Å²) in [5.41, 5.74) is -1.16. The van der Waals surface area contributed by atoms with Gasteiger partial charge in [-0.05, 0) is 24.3 Å². The number of amidine groups is 1. The molecule has 124 valence electrons. The van der Waals surface area contributed by atoms with E-state index in [4.69, 9.17) is 5.41 Å². The van der Waals surface area contributed by atoms with E-state index >= 15 is 0 Å². The van der Waals surface area contributed by atoms with Crippen LogP contribution in [0.3, 0.4) is 0 Å². The number of nitrogens with one attached hydrogen (secondary N) is 2. The number of hydrogen-bond donors (Lipinski definition) is 3. The summed E-state index contributed by atoms with van der Waals surface area (Å²) >= 11 is 0. The van der Waals surface area contributed by atoms with Crippen LogP contribution >= 0.6 is 0 Å². The van der Waals surface area contributed by atoms with Gasteiger partial charge in [-0.1, -0.05) is 0 Å². The fraction of sp³-hybridized carbons (Fsp3) is 0.0714. The Kier molecular flexibility index (Phi) is 3.68. The van der Waals surface area contributed by atoms with Gasteiger partial charge < -0.3 is 4.98 Å². The van der Waals surface area contributed by atoms with Crippen molar-refractivity contribution in [3.05, 3.63) is 53.7 Å². The Labute approximate surface area is 131 Å². The molecule has 6 nitrogen and oxygen atoms in total.